The smallest absolute Gasteiger partial charge is 0.416 e. The number of rotatable bonds is 4. The molecule has 2 aromatic rings. The molecule has 1 N–H and O–H groups in total. The molecule has 0 atom stereocenters. The fourth-order valence-electron chi connectivity index (χ4n) is 1.95. The van der Waals surface area contributed by atoms with E-state index in [-0.39, 0.29) is 23.6 Å². The first kappa shape index (κ1) is 18.3. The number of hydrogen-bond acceptors (Lipinski definition) is 3. The van der Waals surface area contributed by atoms with Crippen molar-refractivity contribution < 1.29 is 22.7 Å². The van der Waals surface area contributed by atoms with Gasteiger partial charge >= 0.3 is 6.18 Å². The molecule has 130 valence electrons. The number of amides is 1. The predicted molar refractivity (Wildman–Crippen MR) is 86.1 cm³/mol. The lowest BCUT2D eigenvalue weighted by Crippen LogP contribution is -2.24. The Balaban J connectivity index is 2.00. The Hall–Kier alpha value is -3.01. The number of nitrogens with zero attached hydrogens (tertiary/aromatic N) is 1. The Labute approximate surface area is 143 Å². The van der Waals surface area contributed by atoms with Crippen LogP contribution in [0.25, 0.3) is 0 Å². The molecular formula is C18H15F3N2O2. The van der Waals surface area contributed by atoms with Gasteiger partial charge in [0.05, 0.1) is 18.7 Å². The molecular weight excluding hydrogens is 333 g/mol. The van der Waals surface area contributed by atoms with Gasteiger partial charge in [-0.15, -0.1) is 0 Å². The van der Waals surface area contributed by atoms with Crippen molar-refractivity contribution in [3.8, 4) is 17.7 Å². The highest BCUT2D eigenvalue weighted by atomic mass is 19.4. The van der Waals surface area contributed by atoms with Crippen LogP contribution in [-0.4, -0.2) is 24.0 Å². The highest BCUT2D eigenvalue weighted by Gasteiger charge is 2.30. The normalized spacial score (nSPS) is 10.6. The van der Waals surface area contributed by atoms with E-state index in [9.17, 15) is 18.0 Å². The van der Waals surface area contributed by atoms with Crippen molar-refractivity contribution in [3.63, 3.8) is 0 Å². The number of benzene rings is 1. The van der Waals surface area contributed by atoms with Crippen LogP contribution < -0.4 is 10.1 Å². The van der Waals surface area contributed by atoms with Gasteiger partial charge < -0.3 is 10.1 Å². The predicted octanol–water partition coefficient (Wildman–Crippen LogP) is 3.28. The van der Waals surface area contributed by atoms with Gasteiger partial charge in [-0.1, -0.05) is 17.9 Å². The van der Waals surface area contributed by atoms with Crippen molar-refractivity contribution >= 4 is 5.91 Å². The first-order valence-electron chi connectivity index (χ1n) is 7.44. The molecule has 1 aromatic heterocycles. The van der Waals surface area contributed by atoms with Crippen LogP contribution in [-0.2, 0) is 6.18 Å². The van der Waals surface area contributed by atoms with Gasteiger partial charge in [-0.05, 0) is 37.3 Å². The topological polar surface area (TPSA) is 51.2 Å². The summed E-state index contributed by atoms with van der Waals surface area (Å²) in [5, 5.41) is 2.56. The summed E-state index contributed by atoms with van der Waals surface area (Å²) in [7, 11) is 0. The number of pyridine rings is 1. The molecule has 0 bridgehead atoms. The minimum Gasteiger partial charge on any atom is -0.477 e. The zero-order chi connectivity index (χ0) is 18.3. The Morgan fingerprint density at radius 1 is 1.28 bits per heavy atom. The summed E-state index contributed by atoms with van der Waals surface area (Å²) in [5.74, 6) is 5.01. The average Bonchev–Trinajstić information content (AvgIpc) is 2.59. The van der Waals surface area contributed by atoms with Crippen molar-refractivity contribution in [2.45, 2.75) is 13.1 Å². The summed E-state index contributed by atoms with van der Waals surface area (Å²) < 4.78 is 43.1. The highest BCUT2D eigenvalue weighted by Crippen LogP contribution is 2.29. The third-order valence-electron chi connectivity index (χ3n) is 3.06. The summed E-state index contributed by atoms with van der Waals surface area (Å²) in [6.45, 7) is 2.12. The SMILES string of the molecule is CCOc1ncccc1C(=O)NCC#Cc1cccc(C(F)(F)F)c1. The number of nitrogens with one attached hydrogen (secondary N) is 1. The molecule has 0 radical (unpaired) electrons. The van der Waals surface area contributed by atoms with Gasteiger partial charge in [0.15, 0.2) is 0 Å². The number of halogens is 3. The largest absolute Gasteiger partial charge is 0.477 e. The van der Waals surface area contributed by atoms with Crippen LogP contribution in [0.3, 0.4) is 0 Å². The van der Waals surface area contributed by atoms with E-state index in [2.05, 4.69) is 22.1 Å². The quantitative estimate of drug-likeness (QED) is 0.863. The van der Waals surface area contributed by atoms with Crippen molar-refractivity contribution in [2.24, 2.45) is 0 Å². The lowest BCUT2D eigenvalue weighted by atomic mass is 10.1. The molecule has 0 aliphatic carbocycles. The lowest BCUT2D eigenvalue weighted by Gasteiger charge is -2.07. The van der Waals surface area contributed by atoms with Crippen LogP contribution in [0.5, 0.6) is 5.88 Å². The molecule has 1 amide bonds. The first-order valence-corrected chi connectivity index (χ1v) is 7.44. The highest BCUT2D eigenvalue weighted by molar-refractivity contribution is 5.96. The maximum atomic E-state index is 12.6. The minimum absolute atomic E-state index is 0.0183. The molecule has 0 spiro atoms. The molecule has 4 nitrogen and oxygen atoms in total. The zero-order valence-corrected chi connectivity index (χ0v) is 13.4. The summed E-state index contributed by atoms with van der Waals surface area (Å²) in [6.07, 6.45) is -2.91. The van der Waals surface area contributed by atoms with Crippen LogP contribution in [0.1, 0.15) is 28.4 Å². The number of carbonyl (C=O) groups excluding carboxylic acids is 1. The van der Waals surface area contributed by atoms with Gasteiger partial charge in [0.1, 0.15) is 5.56 Å². The van der Waals surface area contributed by atoms with E-state index in [1.807, 2.05) is 0 Å². The monoisotopic (exact) mass is 348 g/mol. The number of aromatic nitrogens is 1. The number of ether oxygens (including phenoxy) is 1. The minimum atomic E-state index is -4.41. The second-order valence-electron chi connectivity index (χ2n) is 4.85. The molecule has 2 rings (SSSR count). The fraction of sp³-hybridized carbons (Fsp3) is 0.222. The summed E-state index contributed by atoms with van der Waals surface area (Å²) in [5.41, 5.74) is -0.272. The Bertz CT molecular complexity index is 808. The third-order valence-corrected chi connectivity index (χ3v) is 3.06. The standard InChI is InChI=1S/C18H15F3N2O2/c1-2-25-17-15(9-5-11-23-17)16(24)22-10-4-7-13-6-3-8-14(12-13)18(19,20)21/h3,5-6,8-9,11-12H,2,10H2,1H3,(H,22,24). The molecule has 0 aliphatic rings. The molecule has 0 aliphatic heterocycles. The van der Waals surface area contributed by atoms with Crippen LogP contribution in [0.15, 0.2) is 42.6 Å². The van der Waals surface area contributed by atoms with E-state index in [1.165, 1.54) is 18.3 Å². The maximum Gasteiger partial charge on any atom is 0.416 e. The lowest BCUT2D eigenvalue weighted by molar-refractivity contribution is -0.137. The van der Waals surface area contributed by atoms with E-state index in [0.29, 0.717) is 6.61 Å². The van der Waals surface area contributed by atoms with Crippen LogP contribution in [0.4, 0.5) is 13.2 Å². The second kappa shape index (κ2) is 8.20. The van der Waals surface area contributed by atoms with Crippen molar-refractivity contribution in [2.75, 3.05) is 13.2 Å². The van der Waals surface area contributed by atoms with Gasteiger partial charge in [0, 0.05) is 11.8 Å². The molecule has 1 aromatic carbocycles. The van der Waals surface area contributed by atoms with Gasteiger partial charge in [0.2, 0.25) is 5.88 Å². The number of alkyl halides is 3. The third kappa shape index (κ3) is 5.24. The molecule has 1 heterocycles. The molecule has 7 heteroatoms. The van der Waals surface area contributed by atoms with Crippen molar-refractivity contribution in [1.29, 1.82) is 0 Å². The molecule has 25 heavy (non-hydrogen) atoms. The van der Waals surface area contributed by atoms with Gasteiger partial charge in [-0.3, -0.25) is 4.79 Å². The van der Waals surface area contributed by atoms with Gasteiger partial charge in [-0.25, -0.2) is 4.98 Å². The van der Waals surface area contributed by atoms with Crippen molar-refractivity contribution in [3.05, 3.63) is 59.3 Å². The summed E-state index contributed by atoms with van der Waals surface area (Å²) in [4.78, 5) is 16.1. The van der Waals surface area contributed by atoms with E-state index < -0.39 is 17.6 Å². The Morgan fingerprint density at radius 3 is 2.80 bits per heavy atom. The maximum absolute atomic E-state index is 12.6. The van der Waals surface area contributed by atoms with Crippen LogP contribution >= 0.6 is 0 Å². The average molecular weight is 348 g/mol. The van der Waals surface area contributed by atoms with Crippen LogP contribution in [0.2, 0.25) is 0 Å². The van der Waals surface area contributed by atoms with E-state index >= 15 is 0 Å². The van der Waals surface area contributed by atoms with E-state index in [0.717, 1.165) is 12.1 Å². The van der Waals surface area contributed by atoms with E-state index in [1.54, 1.807) is 19.1 Å². The summed E-state index contributed by atoms with van der Waals surface area (Å²) >= 11 is 0. The van der Waals surface area contributed by atoms with Gasteiger partial charge in [-0.2, -0.15) is 13.2 Å². The molecule has 0 saturated heterocycles. The van der Waals surface area contributed by atoms with Crippen LogP contribution in [0, 0.1) is 11.8 Å². The Morgan fingerprint density at radius 2 is 2.08 bits per heavy atom. The summed E-state index contributed by atoms with van der Waals surface area (Å²) in [6, 6.07) is 7.86. The van der Waals surface area contributed by atoms with E-state index in [4.69, 9.17) is 4.74 Å². The molecule has 0 saturated carbocycles. The first-order chi connectivity index (χ1) is 11.9. The number of hydrogen-bond donors (Lipinski definition) is 1. The Kier molecular flexibility index (Phi) is 6.01. The fourth-order valence-corrected chi connectivity index (χ4v) is 1.95. The molecule has 0 fully saturated rings. The second-order valence-corrected chi connectivity index (χ2v) is 4.85. The molecule has 0 unspecified atom stereocenters. The van der Waals surface area contributed by atoms with Crippen molar-refractivity contribution in [1.82, 2.24) is 10.3 Å². The number of carbonyl (C=O) groups is 1. The zero-order valence-electron chi connectivity index (χ0n) is 13.4. The van der Waals surface area contributed by atoms with Gasteiger partial charge in [0.25, 0.3) is 5.91 Å².